The maximum Gasteiger partial charge on any atom is 0.274 e. The molecule has 8 nitrogen and oxygen atoms in total. The fraction of sp³-hybridized carbons (Fsp3) is 0.480. The van der Waals surface area contributed by atoms with E-state index in [4.69, 9.17) is 9.84 Å². The Morgan fingerprint density at radius 2 is 2.00 bits per heavy atom. The first-order valence-corrected chi connectivity index (χ1v) is 11.5. The summed E-state index contributed by atoms with van der Waals surface area (Å²) in [6, 6.07) is 9.24. The molecule has 1 amide bonds. The number of aryl methyl sites for hydroxylation is 1. The summed E-state index contributed by atoms with van der Waals surface area (Å²) in [6.07, 6.45) is 5.93. The van der Waals surface area contributed by atoms with Crippen LogP contribution in [0.25, 0.3) is 10.9 Å². The van der Waals surface area contributed by atoms with E-state index in [0.29, 0.717) is 23.0 Å². The normalized spacial score (nSPS) is 18.9. The van der Waals surface area contributed by atoms with Crippen molar-refractivity contribution in [2.75, 3.05) is 18.5 Å². The van der Waals surface area contributed by atoms with Crippen molar-refractivity contribution in [2.24, 2.45) is 5.92 Å². The second-order valence-electron chi connectivity index (χ2n) is 9.59. The number of fused-ring (bicyclic) bond motifs is 1. The molecule has 1 saturated carbocycles. The van der Waals surface area contributed by atoms with E-state index >= 15 is 0 Å². The fourth-order valence-corrected chi connectivity index (χ4v) is 4.18. The van der Waals surface area contributed by atoms with Crippen LogP contribution in [0.5, 0.6) is 5.75 Å². The minimum Gasteiger partial charge on any atom is -0.488 e. The van der Waals surface area contributed by atoms with Crippen molar-refractivity contribution >= 4 is 22.5 Å². The predicted molar refractivity (Wildman–Crippen MR) is 127 cm³/mol. The van der Waals surface area contributed by atoms with E-state index in [9.17, 15) is 15.0 Å². The van der Waals surface area contributed by atoms with Crippen molar-refractivity contribution in [3.8, 4) is 5.75 Å². The summed E-state index contributed by atoms with van der Waals surface area (Å²) >= 11 is 0. The zero-order chi connectivity index (χ0) is 23.6. The van der Waals surface area contributed by atoms with Gasteiger partial charge >= 0.3 is 0 Å². The molecule has 2 heterocycles. The Morgan fingerprint density at radius 3 is 2.67 bits per heavy atom. The van der Waals surface area contributed by atoms with Crippen LogP contribution in [0.3, 0.4) is 0 Å². The first-order chi connectivity index (χ1) is 15.7. The standard InChI is InChI=1S/C25H32N4O4/c1-16-5-4-6-20(26-16)24(31)27-22-11-18-13-29(19-9-7-17(14-30)8-10-19)28-21(18)12-23(22)33-15-25(2,3)32/h4-6,11-13,17,19,30,32H,7-10,14-15H2,1-3H3,(H,27,31)/t17-,19-. The zero-order valence-corrected chi connectivity index (χ0v) is 19.4. The molecule has 0 radical (unpaired) electrons. The zero-order valence-electron chi connectivity index (χ0n) is 19.4. The lowest BCUT2D eigenvalue weighted by molar-refractivity contribution is 0.0288. The number of hydrogen-bond acceptors (Lipinski definition) is 6. The van der Waals surface area contributed by atoms with Gasteiger partial charge in [-0.05, 0) is 70.6 Å². The van der Waals surface area contributed by atoms with Gasteiger partial charge in [0, 0.05) is 30.0 Å². The van der Waals surface area contributed by atoms with Crippen molar-refractivity contribution in [3.63, 3.8) is 0 Å². The van der Waals surface area contributed by atoms with Crippen molar-refractivity contribution in [3.05, 3.63) is 47.9 Å². The van der Waals surface area contributed by atoms with Crippen LogP contribution in [-0.4, -0.2) is 49.7 Å². The van der Waals surface area contributed by atoms with Crippen LogP contribution < -0.4 is 10.1 Å². The monoisotopic (exact) mass is 452 g/mol. The highest BCUT2D eigenvalue weighted by Crippen LogP contribution is 2.35. The Balaban J connectivity index is 1.63. The number of benzene rings is 1. The highest BCUT2D eigenvalue weighted by atomic mass is 16.5. The minimum atomic E-state index is -1.03. The number of nitrogens with zero attached hydrogens (tertiary/aromatic N) is 3. The van der Waals surface area contributed by atoms with Crippen LogP contribution in [0.15, 0.2) is 36.5 Å². The van der Waals surface area contributed by atoms with Crippen LogP contribution in [0.2, 0.25) is 0 Å². The average molecular weight is 453 g/mol. The van der Waals surface area contributed by atoms with E-state index in [0.717, 1.165) is 42.3 Å². The van der Waals surface area contributed by atoms with Gasteiger partial charge in [-0.2, -0.15) is 5.10 Å². The van der Waals surface area contributed by atoms with Gasteiger partial charge in [-0.25, -0.2) is 4.98 Å². The summed E-state index contributed by atoms with van der Waals surface area (Å²) in [5, 5.41) is 28.1. The van der Waals surface area contributed by atoms with E-state index < -0.39 is 5.60 Å². The van der Waals surface area contributed by atoms with Crippen LogP contribution in [0.1, 0.15) is 61.8 Å². The first-order valence-electron chi connectivity index (χ1n) is 11.5. The largest absolute Gasteiger partial charge is 0.488 e. The maximum absolute atomic E-state index is 12.8. The van der Waals surface area contributed by atoms with Gasteiger partial charge < -0.3 is 20.3 Å². The number of hydrogen-bond donors (Lipinski definition) is 3. The summed E-state index contributed by atoms with van der Waals surface area (Å²) in [5.74, 6) is 0.492. The van der Waals surface area contributed by atoms with Gasteiger partial charge in [-0.1, -0.05) is 6.07 Å². The van der Waals surface area contributed by atoms with Crippen molar-refractivity contribution < 1.29 is 19.7 Å². The number of pyridine rings is 1. The SMILES string of the molecule is Cc1cccc(C(=O)Nc2cc3cn([C@H]4CC[C@H](CO)CC4)nc3cc2OCC(C)(C)O)n1. The third-order valence-electron chi connectivity index (χ3n) is 6.02. The topological polar surface area (TPSA) is 110 Å². The quantitative estimate of drug-likeness (QED) is 0.502. The van der Waals surface area contributed by atoms with E-state index in [-0.39, 0.29) is 25.2 Å². The summed E-state index contributed by atoms with van der Waals surface area (Å²) in [5.41, 5.74) is 1.31. The molecule has 3 N–H and O–H groups in total. The molecular weight excluding hydrogens is 420 g/mol. The van der Waals surface area contributed by atoms with Gasteiger partial charge in [0.05, 0.1) is 22.8 Å². The number of aromatic nitrogens is 3. The highest BCUT2D eigenvalue weighted by Gasteiger charge is 2.24. The molecule has 33 heavy (non-hydrogen) atoms. The number of ether oxygens (including phenoxy) is 1. The number of rotatable bonds is 7. The molecule has 1 fully saturated rings. The van der Waals surface area contributed by atoms with Gasteiger partial charge in [0.15, 0.2) is 0 Å². The van der Waals surface area contributed by atoms with Crippen molar-refractivity contribution in [2.45, 2.75) is 58.1 Å². The summed E-state index contributed by atoms with van der Waals surface area (Å²) in [6.45, 7) is 5.48. The number of aliphatic hydroxyl groups is 2. The summed E-state index contributed by atoms with van der Waals surface area (Å²) in [7, 11) is 0. The first kappa shape index (κ1) is 23.2. The Labute approximate surface area is 193 Å². The highest BCUT2D eigenvalue weighted by molar-refractivity contribution is 6.05. The number of anilines is 1. The molecular formula is C25H32N4O4. The van der Waals surface area contributed by atoms with Gasteiger partial charge in [0.1, 0.15) is 18.1 Å². The molecule has 1 aromatic carbocycles. The fourth-order valence-electron chi connectivity index (χ4n) is 4.18. The summed E-state index contributed by atoms with van der Waals surface area (Å²) < 4.78 is 7.88. The predicted octanol–water partition coefficient (Wildman–Crippen LogP) is 3.87. The number of amides is 1. The lowest BCUT2D eigenvalue weighted by Crippen LogP contribution is -2.28. The van der Waals surface area contributed by atoms with Crippen LogP contribution >= 0.6 is 0 Å². The lowest BCUT2D eigenvalue weighted by atomic mass is 9.87. The Hall–Kier alpha value is -2.97. The van der Waals surface area contributed by atoms with Crippen LogP contribution in [0, 0.1) is 12.8 Å². The molecule has 3 aromatic rings. The molecule has 0 saturated heterocycles. The molecule has 0 aliphatic heterocycles. The van der Waals surface area contributed by atoms with Gasteiger partial charge in [-0.3, -0.25) is 9.48 Å². The van der Waals surface area contributed by atoms with Crippen LogP contribution in [-0.2, 0) is 0 Å². The Morgan fingerprint density at radius 1 is 1.24 bits per heavy atom. The van der Waals surface area contributed by atoms with Gasteiger partial charge in [0.2, 0.25) is 0 Å². The second-order valence-corrected chi connectivity index (χ2v) is 9.59. The van der Waals surface area contributed by atoms with Crippen molar-refractivity contribution in [1.82, 2.24) is 14.8 Å². The number of aliphatic hydroxyl groups excluding tert-OH is 1. The average Bonchev–Trinajstić information content (AvgIpc) is 3.20. The van der Waals surface area contributed by atoms with Crippen molar-refractivity contribution in [1.29, 1.82) is 0 Å². The van der Waals surface area contributed by atoms with Gasteiger partial charge in [0.25, 0.3) is 5.91 Å². The smallest absolute Gasteiger partial charge is 0.274 e. The molecule has 0 atom stereocenters. The number of carbonyl (C=O) groups is 1. The second kappa shape index (κ2) is 9.49. The molecule has 0 spiro atoms. The van der Waals surface area contributed by atoms with E-state index in [1.807, 2.05) is 29.9 Å². The third-order valence-corrected chi connectivity index (χ3v) is 6.02. The van der Waals surface area contributed by atoms with E-state index in [1.54, 1.807) is 32.0 Å². The lowest BCUT2D eigenvalue weighted by Gasteiger charge is -2.27. The number of nitrogens with one attached hydrogen (secondary N) is 1. The Bertz CT molecular complexity index is 1130. The molecule has 0 unspecified atom stereocenters. The molecule has 4 rings (SSSR count). The summed E-state index contributed by atoms with van der Waals surface area (Å²) in [4.78, 5) is 17.1. The molecule has 2 aromatic heterocycles. The van der Waals surface area contributed by atoms with Gasteiger partial charge in [-0.15, -0.1) is 0 Å². The minimum absolute atomic E-state index is 0.0654. The maximum atomic E-state index is 12.8. The van der Waals surface area contributed by atoms with E-state index in [2.05, 4.69) is 10.3 Å². The molecule has 176 valence electrons. The molecule has 1 aliphatic carbocycles. The molecule has 1 aliphatic rings. The molecule has 0 bridgehead atoms. The van der Waals surface area contributed by atoms with Crippen LogP contribution in [0.4, 0.5) is 5.69 Å². The van der Waals surface area contributed by atoms with E-state index in [1.165, 1.54) is 0 Å². The molecule has 8 heteroatoms. The number of carbonyl (C=O) groups excluding carboxylic acids is 1. The third kappa shape index (κ3) is 5.69. The Kier molecular flexibility index (Phi) is 6.67.